The van der Waals surface area contributed by atoms with Gasteiger partial charge in [0.05, 0.1) is 5.69 Å². The van der Waals surface area contributed by atoms with Crippen molar-refractivity contribution in [1.29, 1.82) is 0 Å². The maximum atomic E-state index is 5.92. The van der Waals surface area contributed by atoms with Crippen LogP contribution in [0.4, 0.5) is 0 Å². The summed E-state index contributed by atoms with van der Waals surface area (Å²) in [5.74, 6) is 1.29. The minimum atomic E-state index is 0.319. The number of rotatable bonds is 3. The monoisotopic (exact) mass is 242 g/mol. The fourth-order valence-corrected chi connectivity index (χ4v) is 2.64. The van der Waals surface area contributed by atoms with E-state index in [1.807, 2.05) is 18.2 Å². The van der Waals surface area contributed by atoms with Crippen LogP contribution in [0.15, 0.2) is 41.0 Å². The first kappa shape index (κ1) is 11.5. The van der Waals surface area contributed by atoms with Crippen LogP contribution >= 0.6 is 0 Å². The molecule has 3 rings (SSSR count). The largest absolute Gasteiger partial charge is 0.448 e. The van der Waals surface area contributed by atoms with E-state index in [0.29, 0.717) is 12.0 Å². The van der Waals surface area contributed by atoms with Crippen molar-refractivity contribution in [3.05, 3.63) is 53.7 Å². The van der Waals surface area contributed by atoms with Crippen LogP contribution in [0.2, 0.25) is 0 Å². The third-order valence-electron chi connectivity index (χ3n) is 3.62. The summed E-state index contributed by atoms with van der Waals surface area (Å²) in [6.45, 7) is 0. The lowest BCUT2D eigenvalue weighted by Gasteiger charge is -2.02. The van der Waals surface area contributed by atoms with Crippen molar-refractivity contribution in [2.75, 3.05) is 0 Å². The first-order valence-electron chi connectivity index (χ1n) is 6.55. The van der Waals surface area contributed by atoms with Gasteiger partial charge < -0.3 is 10.2 Å². The van der Waals surface area contributed by atoms with Crippen molar-refractivity contribution in [1.82, 2.24) is 4.98 Å². The van der Waals surface area contributed by atoms with Crippen LogP contribution in [0.25, 0.3) is 0 Å². The van der Waals surface area contributed by atoms with Crippen LogP contribution in [0.5, 0.6) is 0 Å². The molecular formula is C15H18N2O. The van der Waals surface area contributed by atoms with Gasteiger partial charge in [-0.05, 0) is 24.8 Å². The number of nitrogens with zero attached hydrogens (tertiary/aromatic N) is 1. The fraction of sp³-hybridized carbons (Fsp3) is 0.400. The molecule has 2 unspecified atom stereocenters. The Kier molecular flexibility index (Phi) is 3.15. The molecular weight excluding hydrogens is 224 g/mol. The second-order valence-corrected chi connectivity index (χ2v) is 5.11. The summed E-state index contributed by atoms with van der Waals surface area (Å²) in [5.41, 5.74) is 8.20. The van der Waals surface area contributed by atoms with Crippen LogP contribution in [0, 0.1) is 0 Å². The normalized spacial score (nSPS) is 23.4. The first-order chi connectivity index (χ1) is 8.81. The van der Waals surface area contributed by atoms with Crippen molar-refractivity contribution in [2.45, 2.75) is 37.6 Å². The smallest absolute Gasteiger partial charge is 0.197 e. The summed E-state index contributed by atoms with van der Waals surface area (Å²) >= 11 is 0. The second kappa shape index (κ2) is 4.94. The fourth-order valence-electron chi connectivity index (χ4n) is 2.64. The van der Waals surface area contributed by atoms with E-state index in [1.54, 1.807) is 6.26 Å². The molecule has 2 aromatic rings. The van der Waals surface area contributed by atoms with E-state index in [0.717, 1.165) is 37.3 Å². The highest BCUT2D eigenvalue weighted by Gasteiger charge is 2.26. The molecule has 1 heterocycles. The van der Waals surface area contributed by atoms with Crippen molar-refractivity contribution < 1.29 is 4.42 Å². The van der Waals surface area contributed by atoms with Crippen molar-refractivity contribution in [3.8, 4) is 0 Å². The van der Waals surface area contributed by atoms with Crippen molar-refractivity contribution in [3.63, 3.8) is 0 Å². The Balaban J connectivity index is 1.70. The first-order valence-corrected chi connectivity index (χ1v) is 6.55. The average molecular weight is 242 g/mol. The predicted octanol–water partition coefficient (Wildman–Crippen LogP) is 2.86. The number of benzene rings is 1. The lowest BCUT2D eigenvalue weighted by molar-refractivity contribution is 0.446. The molecule has 1 aliphatic rings. The lowest BCUT2D eigenvalue weighted by atomic mass is 10.1. The third-order valence-corrected chi connectivity index (χ3v) is 3.62. The molecule has 0 amide bonds. The third kappa shape index (κ3) is 2.46. The van der Waals surface area contributed by atoms with E-state index in [4.69, 9.17) is 10.2 Å². The predicted molar refractivity (Wildman–Crippen MR) is 70.3 cm³/mol. The highest BCUT2D eigenvalue weighted by Crippen LogP contribution is 2.33. The van der Waals surface area contributed by atoms with Crippen LogP contribution in [0.1, 0.15) is 42.3 Å². The Hall–Kier alpha value is -1.61. The Morgan fingerprint density at radius 2 is 2.06 bits per heavy atom. The minimum absolute atomic E-state index is 0.319. The second-order valence-electron chi connectivity index (χ2n) is 5.11. The molecule has 0 bridgehead atoms. The van der Waals surface area contributed by atoms with Gasteiger partial charge in [-0.1, -0.05) is 30.3 Å². The standard InChI is InChI=1S/C15H18N2O/c16-13-7-6-12(9-13)15-17-14(10-18-15)8-11-4-2-1-3-5-11/h1-5,10,12-13H,6-9,16H2. The molecule has 1 aromatic carbocycles. The highest BCUT2D eigenvalue weighted by molar-refractivity contribution is 5.20. The molecule has 18 heavy (non-hydrogen) atoms. The van der Waals surface area contributed by atoms with Gasteiger partial charge in [0.25, 0.3) is 0 Å². The van der Waals surface area contributed by atoms with Gasteiger partial charge in [0.2, 0.25) is 0 Å². The van der Waals surface area contributed by atoms with Crippen LogP contribution < -0.4 is 5.73 Å². The Morgan fingerprint density at radius 3 is 2.78 bits per heavy atom. The van der Waals surface area contributed by atoms with Gasteiger partial charge >= 0.3 is 0 Å². The van der Waals surface area contributed by atoms with E-state index in [-0.39, 0.29) is 0 Å². The quantitative estimate of drug-likeness (QED) is 0.900. The summed E-state index contributed by atoms with van der Waals surface area (Å²) in [7, 11) is 0. The molecule has 1 aliphatic carbocycles. The number of hydrogen-bond acceptors (Lipinski definition) is 3. The number of oxazole rings is 1. The van der Waals surface area contributed by atoms with E-state index >= 15 is 0 Å². The molecule has 2 atom stereocenters. The maximum absolute atomic E-state index is 5.92. The van der Waals surface area contributed by atoms with E-state index in [1.165, 1.54) is 5.56 Å². The highest BCUT2D eigenvalue weighted by atomic mass is 16.3. The summed E-state index contributed by atoms with van der Waals surface area (Å²) in [6, 6.07) is 10.7. The van der Waals surface area contributed by atoms with Crippen molar-refractivity contribution >= 4 is 0 Å². The number of aromatic nitrogens is 1. The summed E-state index contributed by atoms with van der Waals surface area (Å²) in [4.78, 5) is 4.60. The molecule has 1 aromatic heterocycles. The number of hydrogen-bond donors (Lipinski definition) is 1. The van der Waals surface area contributed by atoms with Crippen LogP contribution in [-0.4, -0.2) is 11.0 Å². The van der Waals surface area contributed by atoms with Gasteiger partial charge in [-0.15, -0.1) is 0 Å². The lowest BCUT2D eigenvalue weighted by Crippen LogP contribution is -2.14. The Morgan fingerprint density at radius 1 is 1.22 bits per heavy atom. The SMILES string of the molecule is NC1CCC(c2nc(Cc3ccccc3)co2)C1. The van der Waals surface area contributed by atoms with Crippen molar-refractivity contribution in [2.24, 2.45) is 5.73 Å². The Labute approximate surface area is 107 Å². The number of nitrogens with two attached hydrogens (primary N) is 1. The van der Waals surface area contributed by atoms with E-state index < -0.39 is 0 Å². The van der Waals surface area contributed by atoms with Gasteiger partial charge in [0.15, 0.2) is 5.89 Å². The zero-order valence-corrected chi connectivity index (χ0v) is 10.4. The van der Waals surface area contributed by atoms with Crippen LogP contribution in [-0.2, 0) is 6.42 Å². The molecule has 3 heteroatoms. The maximum Gasteiger partial charge on any atom is 0.197 e. The molecule has 2 N–H and O–H groups in total. The molecule has 0 saturated heterocycles. The molecule has 0 spiro atoms. The summed E-state index contributed by atoms with van der Waals surface area (Å²) in [6.07, 6.45) is 5.81. The topological polar surface area (TPSA) is 52.0 Å². The molecule has 1 saturated carbocycles. The molecule has 0 aliphatic heterocycles. The molecule has 3 nitrogen and oxygen atoms in total. The summed E-state index contributed by atoms with van der Waals surface area (Å²) in [5, 5.41) is 0. The van der Waals surface area contributed by atoms with Gasteiger partial charge in [-0.25, -0.2) is 4.98 Å². The minimum Gasteiger partial charge on any atom is -0.448 e. The van der Waals surface area contributed by atoms with Gasteiger partial charge in [-0.2, -0.15) is 0 Å². The zero-order valence-electron chi connectivity index (χ0n) is 10.4. The Bertz CT molecular complexity index is 506. The van der Waals surface area contributed by atoms with E-state index in [2.05, 4.69) is 17.1 Å². The van der Waals surface area contributed by atoms with Gasteiger partial charge in [0, 0.05) is 18.4 Å². The molecule has 0 radical (unpaired) electrons. The van der Waals surface area contributed by atoms with Gasteiger partial charge in [0.1, 0.15) is 6.26 Å². The molecule has 94 valence electrons. The van der Waals surface area contributed by atoms with Crippen LogP contribution in [0.3, 0.4) is 0 Å². The molecule has 1 fully saturated rings. The zero-order chi connectivity index (χ0) is 12.4. The van der Waals surface area contributed by atoms with Gasteiger partial charge in [-0.3, -0.25) is 0 Å². The van der Waals surface area contributed by atoms with E-state index in [9.17, 15) is 0 Å². The average Bonchev–Trinajstić information content (AvgIpc) is 2.99. The summed E-state index contributed by atoms with van der Waals surface area (Å²) < 4.78 is 5.60.